The normalized spacial score (nSPS) is 26.5. The smallest absolute Gasteiger partial charge is 0.274 e. The first kappa shape index (κ1) is 29.6. The van der Waals surface area contributed by atoms with E-state index in [2.05, 4.69) is 26.3 Å². The Kier molecular flexibility index (Phi) is 10.00. The Morgan fingerprint density at radius 2 is 1.67 bits per heavy atom. The summed E-state index contributed by atoms with van der Waals surface area (Å²) >= 11 is 0. The van der Waals surface area contributed by atoms with Crippen LogP contribution in [0.2, 0.25) is 0 Å². The van der Waals surface area contributed by atoms with Crippen LogP contribution in [0.1, 0.15) is 50.2 Å². The molecule has 1 aromatic carbocycles. The van der Waals surface area contributed by atoms with Gasteiger partial charge >= 0.3 is 0 Å². The third-order valence-electron chi connectivity index (χ3n) is 6.74. The molecule has 6 unspecified atom stereocenters. The minimum Gasteiger partial charge on any atom is -0.505 e. The molecule has 0 saturated carbocycles. The Hall–Kier alpha value is -3.99. The molecule has 1 aliphatic rings. The number of pyridine rings is 1. The summed E-state index contributed by atoms with van der Waals surface area (Å²) in [4.78, 5) is 56.8. The molecule has 1 saturated heterocycles. The number of carbonyl (C=O) groups is 4. The van der Waals surface area contributed by atoms with Crippen molar-refractivity contribution in [3.8, 4) is 5.75 Å². The maximum absolute atomic E-state index is 13.6. The topological polar surface area (TPSA) is 170 Å². The Bertz CT molecular complexity index is 1170. The summed E-state index contributed by atoms with van der Waals surface area (Å²) in [5.74, 6) is -3.81. The first-order valence-corrected chi connectivity index (χ1v) is 13.1. The van der Waals surface area contributed by atoms with Crippen molar-refractivity contribution >= 4 is 23.6 Å². The minimum atomic E-state index is -1.30. The molecule has 0 aliphatic carbocycles. The van der Waals surface area contributed by atoms with Crippen molar-refractivity contribution in [1.82, 2.24) is 26.3 Å². The van der Waals surface area contributed by atoms with Crippen LogP contribution >= 0.6 is 0 Å². The molecule has 0 spiro atoms. The number of aliphatic hydroxyl groups is 1. The van der Waals surface area contributed by atoms with Gasteiger partial charge in [-0.3, -0.25) is 19.2 Å². The van der Waals surface area contributed by atoms with Crippen molar-refractivity contribution in [1.29, 1.82) is 0 Å². The Morgan fingerprint density at radius 3 is 2.31 bits per heavy atom. The molecule has 2 aromatic rings. The minimum absolute atomic E-state index is 0.0567. The summed E-state index contributed by atoms with van der Waals surface area (Å²) in [6, 6.07) is 7.89. The Morgan fingerprint density at radius 1 is 0.974 bits per heavy atom. The maximum Gasteiger partial charge on any atom is 0.274 e. The molecule has 6 atom stereocenters. The Labute approximate surface area is 227 Å². The first-order valence-electron chi connectivity index (χ1n) is 13.1. The van der Waals surface area contributed by atoms with E-state index in [4.69, 9.17) is 0 Å². The molecule has 1 aliphatic heterocycles. The van der Waals surface area contributed by atoms with Gasteiger partial charge < -0.3 is 31.5 Å². The van der Waals surface area contributed by atoms with Crippen molar-refractivity contribution in [3.05, 3.63) is 59.9 Å². The van der Waals surface area contributed by atoms with Crippen molar-refractivity contribution < 1.29 is 29.4 Å². The number of nitrogens with one attached hydrogen (secondary N) is 4. The predicted molar refractivity (Wildman–Crippen MR) is 143 cm³/mol. The van der Waals surface area contributed by atoms with Gasteiger partial charge in [-0.2, -0.15) is 0 Å². The molecule has 1 aromatic heterocycles. The summed E-state index contributed by atoms with van der Waals surface area (Å²) in [5.41, 5.74) is 0.536. The molecule has 0 radical (unpaired) electrons. The molecule has 2 heterocycles. The number of carbonyl (C=O) groups excluding carboxylic acids is 4. The van der Waals surface area contributed by atoms with Gasteiger partial charge in [-0.15, -0.1) is 0 Å². The van der Waals surface area contributed by atoms with Crippen LogP contribution in [-0.4, -0.2) is 69.1 Å². The molecule has 11 nitrogen and oxygen atoms in total. The van der Waals surface area contributed by atoms with Crippen LogP contribution in [0.5, 0.6) is 5.75 Å². The lowest BCUT2D eigenvalue weighted by Gasteiger charge is -2.34. The van der Waals surface area contributed by atoms with E-state index < -0.39 is 59.8 Å². The summed E-state index contributed by atoms with van der Waals surface area (Å²) in [6.45, 7) is 6.89. The van der Waals surface area contributed by atoms with E-state index in [-0.39, 0.29) is 23.8 Å². The fourth-order valence-corrected chi connectivity index (χ4v) is 4.51. The van der Waals surface area contributed by atoms with Crippen LogP contribution in [0.25, 0.3) is 0 Å². The lowest BCUT2D eigenvalue weighted by Crippen LogP contribution is -2.64. The van der Waals surface area contributed by atoms with Crippen LogP contribution in [0, 0.1) is 11.8 Å². The third kappa shape index (κ3) is 7.76. The number of hydrogen-bond acceptors (Lipinski definition) is 7. The molecule has 6 N–H and O–H groups in total. The van der Waals surface area contributed by atoms with E-state index in [0.717, 1.165) is 5.56 Å². The van der Waals surface area contributed by atoms with E-state index in [1.54, 1.807) is 6.92 Å². The van der Waals surface area contributed by atoms with Crippen LogP contribution < -0.4 is 21.3 Å². The number of aromatic nitrogens is 1. The van der Waals surface area contributed by atoms with E-state index in [9.17, 15) is 29.4 Å². The summed E-state index contributed by atoms with van der Waals surface area (Å²) < 4.78 is 0. The zero-order valence-electron chi connectivity index (χ0n) is 22.5. The predicted octanol–water partition coefficient (Wildman–Crippen LogP) is 0.659. The quantitative estimate of drug-likeness (QED) is 0.313. The summed E-state index contributed by atoms with van der Waals surface area (Å²) in [6.07, 6.45) is 0.561. The maximum atomic E-state index is 13.6. The van der Waals surface area contributed by atoms with Gasteiger partial charge in [0.1, 0.15) is 17.8 Å². The van der Waals surface area contributed by atoms with Gasteiger partial charge in [0.05, 0.1) is 24.1 Å². The van der Waals surface area contributed by atoms with E-state index >= 15 is 0 Å². The second kappa shape index (κ2) is 13.2. The van der Waals surface area contributed by atoms with Gasteiger partial charge in [-0.1, -0.05) is 51.1 Å². The number of amides is 4. The highest BCUT2D eigenvalue weighted by atomic mass is 16.3. The Balaban J connectivity index is 1.99. The van der Waals surface area contributed by atoms with Gasteiger partial charge in [0.2, 0.25) is 17.7 Å². The third-order valence-corrected chi connectivity index (χ3v) is 6.74. The highest BCUT2D eigenvalue weighted by Gasteiger charge is 2.38. The van der Waals surface area contributed by atoms with Crippen LogP contribution in [0.4, 0.5) is 0 Å². The largest absolute Gasteiger partial charge is 0.505 e. The molecule has 3 rings (SSSR count). The monoisotopic (exact) mass is 539 g/mol. The van der Waals surface area contributed by atoms with Crippen LogP contribution in [0.15, 0.2) is 48.7 Å². The standard InChI is InChI=1S/C28H37N5O6/c1-15(2)13-20-26(37)30-17(4)22(33-28(39)23-21(34)11-8-12-29-23)27(38)31-19(14-18-9-6-5-7-10-18)24(35)16(3)25(36)32-20/h5-12,15-17,19-20,22,24,34-35H,13-14H2,1-4H3,(H,30,37)(H,31,38)(H,32,36)(H,33,39). The molecular formula is C28H37N5O6. The van der Waals surface area contributed by atoms with Gasteiger partial charge in [0.25, 0.3) is 5.91 Å². The van der Waals surface area contributed by atoms with E-state index in [1.165, 1.54) is 25.3 Å². The van der Waals surface area contributed by atoms with Gasteiger partial charge in [0, 0.05) is 6.20 Å². The number of hydrogen-bond donors (Lipinski definition) is 6. The lowest BCUT2D eigenvalue weighted by atomic mass is 9.90. The number of aromatic hydroxyl groups is 1. The zero-order chi connectivity index (χ0) is 28.7. The molecule has 1 fully saturated rings. The molecule has 0 bridgehead atoms. The SMILES string of the molecule is CC(C)CC1NC(=O)C(C)C(O)C(Cc2ccccc2)NC(=O)C(NC(=O)c2ncccc2O)C(C)NC1=O. The summed E-state index contributed by atoms with van der Waals surface area (Å²) in [7, 11) is 0. The first-order chi connectivity index (χ1) is 18.5. The van der Waals surface area contributed by atoms with Crippen molar-refractivity contribution in [2.24, 2.45) is 11.8 Å². The number of aliphatic hydroxyl groups excluding tert-OH is 1. The highest BCUT2D eigenvalue weighted by molar-refractivity contribution is 5.98. The fourth-order valence-electron chi connectivity index (χ4n) is 4.51. The number of nitrogens with zero attached hydrogens (tertiary/aromatic N) is 1. The van der Waals surface area contributed by atoms with Gasteiger partial charge in [0.15, 0.2) is 5.69 Å². The lowest BCUT2D eigenvalue weighted by molar-refractivity contribution is -0.136. The number of rotatable bonds is 6. The number of benzene rings is 1. The van der Waals surface area contributed by atoms with Crippen LogP contribution in [-0.2, 0) is 20.8 Å². The second-order valence-corrected chi connectivity index (χ2v) is 10.4. The van der Waals surface area contributed by atoms with E-state index in [0.29, 0.717) is 6.42 Å². The van der Waals surface area contributed by atoms with Crippen molar-refractivity contribution in [2.45, 2.75) is 70.8 Å². The van der Waals surface area contributed by atoms with Crippen molar-refractivity contribution in [3.63, 3.8) is 0 Å². The molecule has 210 valence electrons. The van der Waals surface area contributed by atoms with Crippen molar-refractivity contribution in [2.75, 3.05) is 0 Å². The molecule has 39 heavy (non-hydrogen) atoms. The van der Waals surface area contributed by atoms with E-state index in [1.807, 2.05) is 44.2 Å². The van der Waals surface area contributed by atoms with Crippen LogP contribution in [0.3, 0.4) is 0 Å². The zero-order valence-corrected chi connectivity index (χ0v) is 22.5. The fraction of sp³-hybridized carbons (Fsp3) is 0.464. The molecule has 11 heteroatoms. The highest BCUT2D eigenvalue weighted by Crippen LogP contribution is 2.17. The molecular weight excluding hydrogens is 502 g/mol. The van der Waals surface area contributed by atoms with Gasteiger partial charge in [-0.25, -0.2) is 4.98 Å². The van der Waals surface area contributed by atoms with Gasteiger partial charge in [-0.05, 0) is 43.4 Å². The average molecular weight is 540 g/mol. The average Bonchev–Trinajstić information content (AvgIpc) is 2.89. The summed E-state index contributed by atoms with van der Waals surface area (Å²) in [5, 5.41) is 32.2. The molecule has 4 amide bonds. The second-order valence-electron chi connectivity index (χ2n) is 10.4.